The minimum atomic E-state index is -0.565. The standard InChI is InChI=1S/C8H7N5O3S/c9-8-11-10-6(17-8)4-12-3-5(13(15)16)1-2-7(12)14/h1-3H,4H2,(H2,9,11). The van der Waals surface area contributed by atoms with E-state index in [1.54, 1.807) is 0 Å². The van der Waals surface area contributed by atoms with Crippen molar-refractivity contribution in [3.05, 3.63) is 43.8 Å². The van der Waals surface area contributed by atoms with Gasteiger partial charge in [-0.2, -0.15) is 0 Å². The molecule has 9 heteroatoms. The Balaban J connectivity index is 2.35. The Hall–Kier alpha value is -2.29. The van der Waals surface area contributed by atoms with Crippen LogP contribution in [-0.4, -0.2) is 19.7 Å². The van der Waals surface area contributed by atoms with Crippen molar-refractivity contribution in [2.75, 3.05) is 5.73 Å². The van der Waals surface area contributed by atoms with Crippen LogP contribution in [0, 0.1) is 10.1 Å². The molecular weight excluding hydrogens is 246 g/mol. The average molecular weight is 253 g/mol. The van der Waals surface area contributed by atoms with E-state index in [0.29, 0.717) is 10.1 Å². The van der Waals surface area contributed by atoms with E-state index < -0.39 is 4.92 Å². The quantitative estimate of drug-likeness (QED) is 0.618. The topological polar surface area (TPSA) is 117 Å². The summed E-state index contributed by atoms with van der Waals surface area (Å²) in [5.41, 5.74) is 4.90. The van der Waals surface area contributed by atoms with Crippen LogP contribution in [0.2, 0.25) is 0 Å². The first-order valence-electron chi connectivity index (χ1n) is 4.49. The van der Waals surface area contributed by atoms with Gasteiger partial charge >= 0.3 is 0 Å². The molecule has 0 bridgehead atoms. The molecule has 0 aliphatic carbocycles. The highest BCUT2D eigenvalue weighted by Crippen LogP contribution is 2.13. The number of hydrogen-bond donors (Lipinski definition) is 1. The second-order valence-electron chi connectivity index (χ2n) is 3.14. The predicted molar refractivity (Wildman–Crippen MR) is 60.8 cm³/mol. The Bertz CT molecular complexity index is 620. The lowest BCUT2D eigenvalue weighted by molar-refractivity contribution is -0.385. The molecule has 0 aromatic carbocycles. The van der Waals surface area contributed by atoms with E-state index in [4.69, 9.17) is 5.73 Å². The lowest BCUT2D eigenvalue weighted by Gasteiger charge is -2.01. The van der Waals surface area contributed by atoms with Crippen LogP contribution in [0.5, 0.6) is 0 Å². The maximum Gasteiger partial charge on any atom is 0.285 e. The molecule has 0 amide bonds. The van der Waals surface area contributed by atoms with Crippen LogP contribution in [0.3, 0.4) is 0 Å². The number of aromatic nitrogens is 3. The highest BCUT2D eigenvalue weighted by atomic mass is 32.1. The lowest BCUT2D eigenvalue weighted by Crippen LogP contribution is -2.19. The van der Waals surface area contributed by atoms with Crippen molar-refractivity contribution in [1.29, 1.82) is 0 Å². The molecule has 88 valence electrons. The number of nitrogens with zero attached hydrogens (tertiary/aromatic N) is 4. The van der Waals surface area contributed by atoms with Crippen LogP contribution in [-0.2, 0) is 6.54 Å². The molecule has 8 nitrogen and oxygen atoms in total. The van der Waals surface area contributed by atoms with Crippen LogP contribution >= 0.6 is 11.3 Å². The van der Waals surface area contributed by atoms with E-state index in [-0.39, 0.29) is 17.8 Å². The number of nitro groups is 1. The number of nitrogen functional groups attached to an aromatic ring is 1. The van der Waals surface area contributed by atoms with Gasteiger partial charge in [0.2, 0.25) is 5.13 Å². The summed E-state index contributed by atoms with van der Waals surface area (Å²) in [5, 5.41) is 18.7. The largest absolute Gasteiger partial charge is 0.374 e. The fourth-order valence-electron chi connectivity index (χ4n) is 1.23. The maximum atomic E-state index is 11.5. The van der Waals surface area contributed by atoms with Gasteiger partial charge in [-0.1, -0.05) is 11.3 Å². The van der Waals surface area contributed by atoms with Crippen molar-refractivity contribution in [1.82, 2.24) is 14.8 Å². The lowest BCUT2D eigenvalue weighted by atomic mass is 10.4. The summed E-state index contributed by atoms with van der Waals surface area (Å²) in [7, 11) is 0. The van der Waals surface area contributed by atoms with Crippen molar-refractivity contribution in [2.45, 2.75) is 6.54 Å². The Morgan fingerprint density at radius 1 is 1.47 bits per heavy atom. The van der Waals surface area contributed by atoms with Crippen molar-refractivity contribution >= 4 is 22.2 Å². The first-order chi connectivity index (χ1) is 8.06. The van der Waals surface area contributed by atoms with Gasteiger partial charge < -0.3 is 10.3 Å². The van der Waals surface area contributed by atoms with Gasteiger partial charge in [0.15, 0.2) is 0 Å². The second kappa shape index (κ2) is 4.29. The molecule has 0 radical (unpaired) electrons. The van der Waals surface area contributed by atoms with Gasteiger partial charge in [-0.25, -0.2) is 0 Å². The van der Waals surface area contributed by atoms with E-state index in [0.717, 1.165) is 23.5 Å². The molecule has 0 spiro atoms. The van der Waals surface area contributed by atoms with Gasteiger partial charge in [-0.15, -0.1) is 10.2 Å². The number of nitrogens with two attached hydrogens (primary N) is 1. The Labute approximate surface area is 98.5 Å². The van der Waals surface area contributed by atoms with E-state index in [1.807, 2.05) is 0 Å². The highest BCUT2D eigenvalue weighted by Gasteiger charge is 2.09. The molecule has 2 aromatic rings. The van der Waals surface area contributed by atoms with Crippen LogP contribution < -0.4 is 11.3 Å². The molecule has 0 saturated carbocycles. The van der Waals surface area contributed by atoms with E-state index >= 15 is 0 Å². The van der Waals surface area contributed by atoms with Crippen molar-refractivity contribution in [2.24, 2.45) is 0 Å². The number of anilines is 1. The van der Waals surface area contributed by atoms with Gasteiger partial charge in [0, 0.05) is 12.1 Å². The molecule has 17 heavy (non-hydrogen) atoms. The SMILES string of the molecule is Nc1nnc(Cn2cc([N+](=O)[O-])ccc2=O)s1. The summed E-state index contributed by atoms with van der Waals surface area (Å²) in [6.45, 7) is 0.120. The summed E-state index contributed by atoms with van der Waals surface area (Å²) in [4.78, 5) is 21.5. The third-order valence-electron chi connectivity index (χ3n) is 1.97. The summed E-state index contributed by atoms with van der Waals surface area (Å²) >= 11 is 1.13. The summed E-state index contributed by atoms with van der Waals surface area (Å²) in [6, 6.07) is 2.30. The molecule has 0 unspecified atom stereocenters. The van der Waals surface area contributed by atoms with E-state index in [2.05, 4.69) is 10.2 Å². The third kappa shape index (κ3) is 2.45. The molecule has 2 N–H and O–H groups in total. The maximum absolute atomic E-state index is 11.5. The average Bonchev–Trinajstić information content (AvgIpc) is 2.67. The van der Waals surface area contributed by atoms with Gasteiger partial charge in [0.1, 0.15) is 5.01 Å². The van der Waals surface area contributed by atoms with Crippen molar-refractivity contribution < 1.29 is 4.92 Å². The van der Waals surface area contributed by atoms with Crippen LogP contribution in [0.15, 0.2) is 23.1 Å². The second-order valence-corrected chi connectivity index (χ2v) is 4.24. The first-order valence-corrected chi connectivity index (χ1v) is 5.30. The molecule has 0 fully saturated rings. The number of hydrogen-bond acceptors (Lipinski definition) is 7. The minimum absolute atomic E-state index is 0.120. The fraction of sp³-hybridized carbons (Fsp3) is 0.125. The first kappa shape index (κ1) is 11.2. The fourth-order valence-corrected chi connectivity index (χ4v) is 1.83. The Kier molecular flexibility index (Phi) is 2.83. The Morgan fingerprint density at radius 3 is 2.82 bits per heavy atom. The summed E-state index contributed by atoms with van der Waals surface area (Å²) < 4.78 is 1.19. The molecule has 2 heterocycles. The molecule has 0 atom stereocenters. The molecular formula is C8H7N5O3S. The third-order valence-corrected chi connectivity index (χ3v) is 2.70. The number of rotatable bonds is 3. The molecule has 2 rings (SSSR count). The highest BCUT2D eigenvalue weighted by molar-refractivity contribution is 7.15. The zero-order chi connectivity index (χ0) is 12.4. The zero-order valence-electron chi connectivity index (χ0n) is 8.44. The zero-order valence-corrected chi connectivity index (χ0v) is 9.25. The molecule has 0 aliphatic heterocycles. The van der Waals surface area contributed by atoms with Gasteiger partial charge in [-0.3, -0.25) is 14.9 Å². The molecule has 0 saturated heterocycles. The van der Waals surface area contributed by atoms with Gasteiger partial charge in [-0.05, 0) is 0 Å². The minimum Gasteiger partial charge on any atom is -0.374 e. The number of pyridine rings is 1. The predicted octanol–water partition coefficient (Wildman–Crippen LogP) is 0.238. The van der Waals surface area contributed by atoms with Crippen LogP contribution in [0.25, 0.3) is 0 Å². The van der Waals surface area contributed by atoms with Gasteiger partial charge in [0.05, 0.1) is 17.7 Å². The van der Waals surface area contributed by atoms with Crippen molar-refractivity contribution in [3.8, 4) is 0 Å². The summed E-state index contributed by atoms with van der Waals surface area (Å²) in [5.74, 6) is 0. The van der Waals surface area contributed by atoms with Crippen molar-refractivity contribution in [3.63, 3.8) is 0 Å². The molecule has 0 aliphatic rings. The van der Waals surface area contributed by atoms with Crippen LogP contribution in [0.1, 0.15) is 5.01 Å². The Morgan fingerprint density at radius 2 is 2.24 bits per heavy atom. The van der Waals surface area contributed by atoms with E-state index in [1.165, 1.54) is 10.8 Å². The van der Waals surface area contributed by atoms with Gasteiger partial charge in [0.25, 0.3) is 11.2 Å². The molecule has 2 aromatic heterocycles. The smallest absolute Gasteiger partial charge is 0.285 e. The normalized spacial score (nSPS) is 10.4. The summed E-state index contributed by atoms with van der Waals surface area (Å²) in [6.07, 6.45) is 1.17. The van der Waals surface area contributed by atoms with Crippen LogP contribution in [0.4, 0.5) is 10.8 Å². The van der Waals surface area contributed by atoms with E-state index in [9.17, 15) is 14.9 Å². The monoisotopic (exact) mass is 253 g/mol.